The summed E-state index contributed by atoms with van der Waals surface area (Å²) >= 11 is 1.69. The summed E-state index contributed by atoms with van der Waals surface area (Å²) in [5.41, 5.74) is 1.99. The number of likely N-dealkylation sites (N-methyl/N-ethyl adjacent to an activating group) is 1. The molecule has 0 spiro atoms. The Morgan fingerprint density at radius 2 is 2.09 bits per heavy atom. The molecule has 0 bridgehead atoms. The number of carbonyl (C=O) groups is 1. The SMILES string of the molecule is CN(CC1(O)CCCN(c2ccnc3ccncc23)C1)C(=O)CCCc1nc2ccccc2s1. The lowest BCUT2D eigenvalue weighted by atomic mass is 9.91. The zero-order chi connectivity index (χ0) is 23.5. The summed E-state index contributed by atoms with van der Waals surface area (Å²) in [6.45, 7) is 1.66. The summed E-state index contributed by atoms with van der Waals surface area (Å²) in [5, 5.41) is 13.5. The maximum absolute atomic E-state index is 12.8. The van der Waals surface area contributed by atoms with Crippen molar-refractivity contribution in [3.8, 4) is 0 Å². The number of anilines is 1. The minimum absolute atomic E-state index is 0.0604. The fourth-order valence-corrected chi connectivity index (χ4v) is 5.85. The first-order chi connectivity index (χ1) is 16.5. The number of para-hydroxylation sites is 1. The summed E-state index contributed by atoms with van der Waals surface area (Å²) in [6, 6.07) is 12.0. The van der Waals surface area contributed by atoms with E-state index in [1.165, 1.54) is 4.70 Å². The Morgan fingerprint density at radius 3 is 2.97 bits per heavy atom. The van der Waals surface area contributed by atoms with Gasteiger partial charge >= 0.3 is 0 Å². The van der Waals surface area contributed by atoms with Gasteiger partial charge in [-0.2, -0.15) is 0 Å². The van der Waals surface area contributed by atoms with Gasteiger partial charge in [0.15, 0.2) is 0 Å². The number of β-amino-alcohol motifs (C(OH)–C–C–N with tert-alkyl or cyclic N) is 1. The van der Waals surface area contributed by atoms with Gasteiger partial charge in [-0.3, -0.25) is 14.8 Å². The molecular formula is C26H29N5O2S. The van der Waals surface area contributed by atoms with E-state index in [0.29, 0.717) is 25.9 Å². The van der Waals surface area contributed by atoms with E-state index in [2.05, 4.69) is 25.9 Å². The van der Waals surface area contributed by atoms with E-state index in [1.54, 1.807) is 35.7 Å². The molecule has 34 heavy (non-hydrogen) atoms. The van der Waals surface area contributed by atoms with Crippen molar-refractivity contribution in [3.63, 3.8) is 0 Å². The highest BCUT2D eigenvalue weighted by molar-refractivity contribution is 7.18. The van der Waals surface area contributed by atoms with E-state index in [0.717, 1.165) is 52.9 Å². The highest BCUT2D eigenvalue weighted by Gasteiger charge is 2.36. The number of amides is 1. The Kier molecular flexibility index (Phi) is 6.43. The van der Waals surface area contributed by atoms with Crippen molar-refractivity contribution in [1.82, 2.24) is 19.9 Å². The molecule has 1 aliphatic rings. The number of fused-ring (bicyclic) bond motifs is 2. The number of aromatic nitrogens is 3. The normalized spacial score (nSPS) is 18.5. The van der Waals surface area contributed by atoms with E-state index >= 15 is 0 Å². The van der Waals surface area contributed by atoms with Gasteiger partial charge in [-0.15, -0.1) is 11.3 Å². The van der Waals surface area contributed by atoms with Crippen molar-refractivity contribution < 1.29 is 9.90 Å². The van der Waals surface area contributed by atoms with Crippen LogP contribution in [-0.4, -0.2) is 63.1 Å². The Morgan fingerprint density at radius 1 is 1.21 bits per heavy atom. The minimum Gasteiger partial charge on any atom is -0.386 e. The first kappa shape index (κ1) is 22.7. The van der Waals surface area contributed by atoms with Crippen LogP contribution in [0.3, 0.4) is 0 Å². The van der Waals surface area contributed by atoms with E-state index in [9.17, 15) is 9.90 Å². The largest absolute Gasteiger partial charge is 0.386 e. The quantitative estimate of drug-likeness (QED) is 0.434. The van der Waals surface area contributed by atoms with Crippen molar-refractivity contribution >= 4 is 44.1 Å². The molecule has 1 amide bonds. The number of hydrogen-bond acceptors (Lipinski definition) is 7. The van der Waals surface area contributed by atoms with Gasteiger partial charge in [0.25, 0.3) is 0 Å². The molecule has 1 saturated heterocycles. The van der Waals surface area contributed by atoms with Gasteiger partial charge in [0, 0.05) is 56.2 Å². The number of pyridine rings is 2. The highest BCUT2D eigenvalue weighted by Crippen LogP contribution is 2.31. The molecule has 0 radical (unpaired) electrons. The molecule has 1 unspecified atom stereocenters. The second kappa shape index (κ2) is 9.64. The van der Waals surface area contributed by atoms with E-state index in [4.69, 9.17) is 0 Å². The zero-order valence-electron chi connectivity index (χ0n) is 19.4. The fourth-order valence-electron chi connectivity index (χ4n) is 4.84. The Balaban J connectivity index is 1.18. The van der Waals surface area contributed by atoms with Gasteiger partial charge in [-0.1, -0.05) is 12.1 Å². The summed E-state index contributed by atoms with van der Waals surface area (Å²) in [6.07, 6.45) is 8.90. The first-order valence-corrected chi connectivity index (χ1v) is 12.6. The molecular weight excluding hydrogens is 446 g/mol. The fraction of sp³-hybridized carbons (Fsp3) is 0.385. The number of hydrogen-bond donors (Lipinski definition) is 1. The number of aryl methyl sites for hydroxylation is 1. The van der Waals surface area contributed by atoms with E-state index < -0.39 is 5.60 Å². The number of aliphatic hydroxyl groups is 1. The highest BCUT2D eigenvalue weighted by atomic mass is 32.1. The molecule has 3 aromatic heterocycles. The molecule has 5 rings (SSSR count). The van der Waals surface area contributed by atoms with Crippen LogP contribution in [0.25, 0.3) is 21.1 Å². The number of nitrogens with zero attached hydrogens (tertiary/aromatic N) is 5. The van der Waals surface area contributed by atoms with Gasteiger partial charge in [0.1, 0.15) is 0 Å². The third kappa shape index (κ3) is 4.88. The second-order valence-corrected chi connectivity index (χ2v) is 10.3. The zero-order valence-corrected chi connectivity index (χ0v) is 20.2. The number of carbonyl (C=O) groups excluding carboxylic acids is 1. The third-order valence-corrected chi connectivity index (χ3v) is 7.59. The van der Waals surface area contributed by atoms with Crippen LogP contribution in [-0.2, 0) is 11.2 Å². The van der Waals surface area contributed by atoms with Crippen LogP contribution in [0.15, 0.2) is 55.0 Å². The molecule has 8 heteroatoms. The predicted octanol–water partition coefficient (Wildman–Crippen LogP) is 4.05. The van der Waals surface area contributed by atoms with Crippen LogP contribution in [0.5, 0.6) is 0 Å². The molecule has 4 aromatic rings. The van der Waals surface area contributed by atoms with E-state index in [-0.39, 0.29) is 5.91 Å². The van der Waals surface area contributed by atoms with Crippen LogP contribution < -0.4 is 4.90 Å². The molecule has 176 valence electrons. The average molecular weight is 476 g/mol. The molecule has 7 nitrogen and oxygen atoms in total. The summed E-state index contributed by atoms with van der Waals surface area (Å²) in [7, 11) is 1.79. The van der Waals surface area contributed by atoms with Gasteiger partial charge in [0.05, 0.1) is 32.9 Å². The lowest BCUT2D eigenvalue weighted by Crippen LogP contribution is -2.54. The van der Waals surface area contributed by atoms with Crippen molar-refractivity contribution in [1.29, 1.82) is 0 Å². The maximum Gasteiger partial charge on any atom is 0.222 e. The van der Waals surface area contributed by atoms with Crippen LogP contribution in [0.1, 0.15) is 30.7 Å². The van der Waals surface area contributed by atoms with Crippen molar-refractivity contribution in [2.75, 3.05) is 31.6 Å². The topological polar surface area (TPSA) is 82.5 Å². The van der Waals surface area contributed by atoms with Crippen molar-refractivity contribution in [2.24, 2.45) is 0 Å². The van der Waals surface area contributed by atoms with Crippen LogP contribution >= 0.6 is 11.3 Å². The minimum atomic E-state index is -0.951. The molecule has 1 aromatic carbocycles. The standard InChI is InChI=1S/C26H29N5O2S/c1-30(25(32)9-4-8-24-29-21-6-2-3-7-23(21)34-24)17-26(33)12-5-15-31(18-26)22-11-14-28-20-10-13-27-16-19(20)22/h2-3,6-7,10-11,13-14,16,33H,4-5,8-9,12,15,17-18H2,1H3. The van der Waals surface area contributed by atoms with Crippen LogP contribution in [0, 0.1) is 0 Å². The lowest BCUT2D eigenvalue weighted by molar-refractivity contribution is -0.133. The number of piperidine rings is 1. The van der Waals surface area contributed by atoms with Gasteiger partial charge in [-0.05, 0) is 49.9 Å². The van der Waals surface area contributed by atoms with E-state index in [1.807, 2.05) is 36.5 Å². The summed E-state index contributed by atoms with van der Waals surface area (Å²) in [4.78, 5) is 30.0. The third-order valence-electron chi connectivity index (χ3n) is 6.49. The monoisotopic (exact) mass is 475 g/mol. The molecule has 0 saturated carbocycles. The van der Waals surface area contributed by atoms with Crippen LogP contribution in [0.4, 0.5) is 5.69 Å². The molecule has 1 fully saturated rings. The number of thiazole rings is 1. The second-order valence-electron chi connectivity index (χ2n) is 9.15. The van der Waals surface area contributed by atoms with Crippen molar-refractivity contribution in [3.05, 3.63) is 60.0 Å². The first-order valence-electron chi connectivity index (χ1n) is 11.8. The Labute approximate surface area is 203 Å². The summed E-state index contributed by atoms with van der Waals surface area (Å²) in [5.74, 6) is 0.0604. The summed E-state index contributed by atoms with van der Waals surface area (Å²) < 4.78 is 1.18. The van der Waals surface area contributed by atoms with Gasteiger partial charge in [-0.25, -0.2) is 4.98 Å². The smallest absolute Gasteiger partial charge is 0.222 e. The van der Waals surface area contributed by atoms with Crippen LogP contribution in [0.2, 0.25) is 0 Å². The molecule has 1 aliphatic heterocycles. The molecule has 4 heterocycles. The maximum atomic E-state index is 12.8. The van der Waals surface area contributed by atoms with Crippen molar-refractivity contribution in [2.45, 2.75) is 37.7 Å². The molecule has 0 aliphatic carbocycles. The predicted molar refractivity (Wildman–Crippen MR) is 136 cm³/mol. The average Bonchev–Trinajstić information content (AvgIpc) is 3.26. The molecule has 1 N–H and O–H groups in total. The van der Waals surface area contributed by atoms with Gasteiger partial charge < -0.3 is 14.9 Å². The lowest BCUT2D eigenvalue weighted by Gasteiger charge is -2.42. The Bertz CT molecular complexity index is 1270. The van der Waals surface area contributed by atoms with Gasteiger partial charge in [0.2, 0.25) is 5.91 Å². The molecule has 1 atom stereocenters. The Hall–Kier alpha value is -3.10. The number of rotatable bonds is 7. The number of benzene rings is 1.